The molecule has 2 rings (SSSR count). The molecule has 0 radical (unpaired) electrons. The minimum Gasteiger partial charge on any atom is -0.497 e. The molecule has 1 amide bonds. The molecule has 0 aliphatic heterocycles. The molecular weight excluding hydrogens is 374 g/mol. The summed E-state index contributed by atoms with van der Waals surface area (Å²) in [6, 6.07) is 10.0. The van der Waals surface area contributed by atoms with Crippen LogP contribution in [0.2, 0.25) is 0 Å². The Balaban J connectivity index is 2.06. The third kappa shape index (κ3) is 6.41. The maximum atomic E-state index is 12.4. The lowest BCUT2D eigenvalue weighted by atomic mass is 10.1. The molecule has 0 unspecified atom stereocenters. The maximum Gasteiger partial charge on any atom is 0.262 e. The normalized spacial score (nSPS) is 10.2. The first-order valence-electron chi connectivity index (χ1n) is 9.41. The summed E-state index contributed by atoms with van der Waals surface area (Å²) in [4.78, 5) is 23.9. The van der Waals surface area contributed by atoms with Crippen LogP contribution in [-0.2, 0) is 4.79 Å². The molecule has 0 fully saturated rings. The summed E-state index contributed by atoms with van der Waals surface area (Å²) >= 11 is 0. The van der Waals surface area contributed by atoms with E-state index in [0.717, 1.165) is 12.8 Å². The number of ketones is 1. The van der Waals surface area contributed by atoms with E-state index in [1.165, 1.54) is 14.0 Å². The summed E-state index contributed by atoms with van der Waals surface area (Å²) < 4.78 is 21.8. The van der Waals surface area contributed by atoms with Gasteiger partial charge < -0.3 is 24.3 Å². The Morgan fingerprint density at radius 2 is 1.69 bits per heavy atom. The summed E-state index contributed by atoms with van der Waals surface area (Å²) in [5.74, 6) is 1.48. The number of amides is 1. The van der Waals surface area contributed by atoms with Gasteiger partial charge in [-0.15, -0.1) is 0 Å². The second-order valence-corrected chi connectivity index (χ2v) is 6.32. The van der Waals surface area contributed by atoms with Crippen LogP contribution in [-0.4, -0.2) is 39.1 Å². The van der Waals surface area contributed by atoms with Crippen LogP contribution in [0.3, 0.4) is 0 Å². The topological polar surface area (TPSA) is 83.1 Å². The number of rotatable bonds is 11. The molecule has 0 aliphatic carbocycles. The largest absolute Gasteiger partial charge is 0.497 e. The standard InChI is InChI=1S/C22H27NO6/c1-5-6-11-28-19-10-8-17(26-3)13-18(19)23-22(25)14-29-20-9-7-16(15(2)24)12-21(20)27-4/h7-10,12-13H,5-6,11,14H2,1-4H3,(H,23,25). The third-order valence-electron chi connectivity index (χ3n) is 4.15. The van der Waals surface area contributed by atoms with E-state index in [2.05, 4.69) is 12.2 Å². The number of unbranched alkanes of at least 4 members (excludes halogenated alkanes) is 1. The SMILES string of the molecule is CCCCOc1ccc(OC)cc1NC(=O)COc1ccc(C(C)=O)cc1OC. The third-order valence-corrected chi connectivity index (χ3v) is 4.15. The van der Waals surface area contributed by atoms with Gasteiger partial charge in [0, 0.05) is 11.6 Å². The maximum absolute atomic E-state index is 12.4. The first kappa shape index (κ1) is 22.1. The van der Waals surface area contributed by atoms with Gasteiger partial charge in [-0.2, -0.15) is 0 Å². The molecule has 0 aliphatic rings. The molecule has 0 spiro atoms. The van der Waals surface area contributed by atoms with E-state index in [0.29, 0.717) is 40.9 Å². The van der Waals surface area contributed by atoms with E-state index in [4.69, 9.17) is 18.9 Å². The van der Waals surface area contributed by atoms with Gasteiger partial charge >= 0.3 is 0 Å². The molecule has 29 heavy (non-hydrogen) atoms. The van der Waals surface area contributed by atoms with Crippen LogP contribution in [0.5, 0.6) is 23.0 Å². The second-order valence-electron chi connectivity index (χ2n) is 6.32. The Morgan fingerprint density at radius 3 is 2.34 bits per heavy atom. The summed E-state index contributed by atoms with van der Waals surface area (Å²) in [5.41, 5.74) is 1.01. The van der Waals surface area contributed by atoms with Gasteiger partial charge in [0.05, 0.1) is 26.5 Å². The number of ether oxygens (including phenoxy) is 4. The summed E-state index contributed by atoms with van der Waals surface area (Å²) in [6.45, 7) is 3.87. The van der Waals surface area contributed by atoms with Crippen molar-refractivity contribution in [2.45, 2.75) is 26.7 Å². The van der Waals surface area contributed by atoms with Gasteiger partial charge in [-0.25, -0.2) is 0 Å². The Morgan fingerprint density at radius 1 is 0.931 bits per heavy atom. The van der Waals surface area contributed by atoms with Crippen molar-refractivity contribution in [3.8, 4) is 23.0 Å². The van der Waals surface area contributed by atoms with E-state index in [1.54, 1.807) is 43.5 Å². The Labute approximate surface area is 170 Å². The highest BCUT2D eigenvalue weighted by molar-refractivity contribution is 5.95. The quantitative estimate of drug-likeness (QED) is 0.451. The number of carbonyl (C=O) groups is 2. The molecule has 0 bridgehead atoms. The summed E-state index contributed by atoms with van der Waals surface area (Å²) in [6.07, 6.45) is 1.93. The van der Waals surface area contributed by atoms with Gasteiger partial charge in [-0.05, 0) is 43.7 Å². The molecule has 0 saturated carbocycles. The number of nitrogens with one attached hydrogen (secondary N) is 1. The minimum absolute atomic E-state index is 0.0822. The predicted octanol–water partition coefficient (Wildman–Crippen LogP) is 4.10. The van der Waals surface area contributed by atoms with Crippen LogP contribution >= 0.6 is 0 Å². The van der Waals surface area contributed by atoms with Crippen molar-refractivity contribution in [3.63, 3.8) is 0 Å². The van der Waals surface area contributed by atoms with Gasteiger partial charge in [0.15, 0.2) is 23.9 Å². The van der Waals surface area contributed by atoms with Crippen molar-refractivity contribution in [1.29, 1.82) is 0 Å². The van der Waals surface area contributed by atoms with E-state index in [-0.39, 0.29) is 18.3 Å². The fourth-order valence-corrected chi connectivity index (χ4v) is 2.52. The van der Waals surface area contributed by atoms with E-state index in [9.17, 15) is 9.59 Å². The van der Waals surface area contributed by atoms with Crippen LogP contribution in [0.15, 0.2) is 36.4 Å². The van der Waals surface area contributed by atoms with Crippen LogP contribution in [0.1, 0.15) is 37.0 Å². The minimum atomic E-state index is -0.365. The van der Waals surface area contributed by atoms with Crippen LogP contribution in [0.25, 0.3) is 0 Å². The summed E-state index contributed by atoms with van der Waals surface area (Å²) in [5, 5.41) is 2.79. The highest BCUT2D eigenvalue weighted by Gasteiger charge is 2.13. The van der Waals surface area contributed by atoms with Gasteiger partial charge in [-0.1, -0.05) is 13.3 Å². The molecule has 2 aromatic rings. The smallest absolute Gasteiger partial charge is 0.262 e. The predicted molar refractivity (Wildman–Crippen MR) is 111 cm³/mol. The van der Waals surface area contributed by atoms with Crippen molar-refractivity contribution < 1.29 is 28.5 Å². The average Bonchev–Trinajstić information content (AvgIpc) is 2.73. The lowest BCUT2D eigenvalue weighted by molar-refractivity contribution is -0.118. The van der Waals surface area contributed by atoms with Crippen molar-refractivity contribution >= 4 is 17.4 Å². The van der Waals surface area contributed by atoms with Crippen molar-refractivity contribution in [2.24, 2.45) is 0 Å². The van der Waals surface area contributed by atoms with Gasteiger partial charge in [0.1, 0.15) is 11.5 Å². The number of methoxy groups -OCH3 is 2. The number of hydrogen-bond acceptors (Lipinski definition) is 6. The van der Waals surface area contributed by atoms with Gasteiger partial charge in [0.2, 0.25) is 0 Å². The van der Waals surface area contributed by atoms with Gasteiger partial charge in [0.25, 0.3) is 5.91 Å². The van der Waals surface area contributed by atoms with Crippen molar-refractivity contribution in [3.05, 3.63) is 42.0 Å². The lowest BCUT2D eigenvalue weighted by Gasteiger charge is -2.15. The molecule has 0 atom stereocenters. The monoisotopic (exact) mass is 401 g/mol. The Kier molecular flexibility index (Phi) is 8.33. The zero-order valence-electron chi connectivity index (χ0n) is 17.2. The Bertz CT molecular complexity index is 849. The number of carbonyl (C=O) groups excluding carboxylic acids is 2. The zero-order chi connectivity index (χ0) is 21.2. The highest BCUT2D eigenvalue weighted by atomic mass is 16.5. The molecule has 156 valence electrons. The number of benzene rings is 2. The lowest BCUT2D eigenvalue weighted by Crippen LogP contribution is -2.21. The molecule has 7 heteroatoms. The van der Waals surface area contributed by atoms with Crippen molar-refractivity contribution in [1.82, 2.24) is 0 Å². The molecule has 0 saturated heterocycles. The van der Waals surface area contributed by atoms with Crippen LogP contribution < -0.4 is 24.3 Å². The van der Waals surface area contributed by atoms with Crippen LogP contribution in [0, 0.1) is 0 Å². The molecule has 2 aromatic carbocycles. The highest BCUT2D eigenvalue weighted by Crippen LogP contribution is 2.30. The van der Waals surface area contributed by atoms with Gasteiger partial charge in [-0.3, -0.25) is 9.59 Å². The molecule has 0 aromatic heterocycles. The molecule has 7 nitrogen and oxygen atoms in total. The second kappa shape index (κ2) is 10.9. The Hall–Kier alpha value is -3.22. The summed E-state index contributed by atoms with van der Waals surface area (Å²) in [7, 11) is 3.03. The first-order valence-corrected chi connectivity index (χ1v) is 9.41. The van der Waals surface area contributed by atoms with E-state index < -0.39 is 0 Å². The fraction of sp³-hybridized carbons (Fsp3) is 0.364. The van der Waals surface area contributed by atoms with E-state index in [1.807, 2.05) is 0 Å². The number of Topliss-reactive ketones (excluding diaryl/α,β-unsaturated/α-hetero) is 1. The fourth-order valence-electron chi connectivity index (χ4n) is 2.52. The van der Waals surface area contributed by atoms with E-state index >= 15 is 0 Å². The molecule has 0 heterocycles. The average molecular weight is 401 g/mol. The molecular formula is C22H27NO6. The number of hydrogen-bond donors (Lipinski definition) is 1. The number of anilines is 1. The first-order chi connectivity index (χ1) is 14.0. The van der Waals surface area contributed by atoms with Crippen LogP contribution in [0.4, 0.5) is 5.69 Å². The molecule has 1 N–H and O–H groups in total. The van der Waals surface area contributed by atoms with Crippen molar-refractivity contribution in [2.75, 3.05) is 32.8 Å². The zero-order valence-corrected chi connectivity index (χ0v) is 17.2.